The van der Waals surface area contributed by atoms with Crippen LogP contribution in [0.5, 0.6) is 0 Å². The van der Waals surface area contributed by atoms with Gasteiger partial charge < -0.3 is 10.6 Å². The second-order valence-electron chi connectivity index (χ2n) is 5.93. The summed E-state index contributed by atoms with van der Waals surface area (Å²) in [4.78, 5) is 14.3. The van der Waals surface area contributed by atoms with Crippen molar-refractivity contribution in [3.8, 4) is 6.07 Å². The van der Waals surface area contributed by atoms with Gasteiger partial charge >= 0.3 is 0 Å². The number of carbonyl (C=O) groups excluding carboxylic acids is 1. The highest BCUT2D eigenvalue weighted by Gasteiger charge is 2.24. The van der Waals surface area contributed by atoms with E-state index in [2.05, 4.69) is 23.6 Å². The van der Waals surface area contributed by atoms with Gasteiger partial charge in [-0.3, -0.25) is 4.79 Å². The van der Waals surface area contributed by atoms with Gasteiger partial charge in [-0.25, -0.2) is 0 Å². The molecular formula is C17H17N3OS3. The molecule has 1 aliphatic rings. The van der Waals surface area contributed by atoms with Crippen LogP contribution in [0.15, 0.2) is 17.5 Å². The van der Waals surface area contributed by atoms with Crippen molar-refractivity contribution < 1.29 is 4.79 Å². The number of hydrogen-bond donors (Lipinski definition) is 2. The van der Waals surface area contributed by atoms with Gasteiger partial charge in [-0.05, 0) is 54.4 Å². The SMILES string of the molecule is CC1CCc2c(sc(NC(=S)NC(=O)Cc3cccs3)c2C#N)C1. The van der Waals surface area contributed by atoms with Crippen LogP contribution in [0.3, 0.4) is 0 Å². The highest BCUT2D eigenvalue weighted by atomic mass is 32.1. The molecule has 4 nitrogen and oxygen atoms in total. The van der Waals surface area contributed by atoms with Crippen LogP contribution < -0.4 is 10.6 Å². The fourth-order valence-corrected chi connectivity index (χ4v) is 5.18. The lowest BCUT2D eigenvalue weighted by atomic mass is 9.89. The van der Waals surface area contributed by atoms with Crippen LogP contribution in [0.2, 0.25) is 0 Å². The maximum atomic E-state index is 12.0. The Hall–Kier alpha value is -1.75. The number of fused-ring (bicyclic) bond motifs is 1. The summed E-state index contributed by atoms with van der Waals surface area (Å²) in [5, 5.41) is 18.2. The highest BCUT2D eigenvalue weighted by Crippen LogP contribution is 2.39. The van der Waals surface area contributed by atoms with Gasteiger partial charge in [0.15, 0.2) is 5.11 Å². The monoisotopic (exact) mass is 375 g/mol. The van der Waals surface area contributed by atoms with Crippen molar-refractivity contribution in [3.63, 3.8) is 0 Å². The molecule has 0 bridgehead atoms. The maximum absolute atomic E-state index is 12.0. The molecule has 7 heteroatoms. The number of carbonyl (C=O) groups is 1. The Morgan fingerprint density at radius 1 is 1.54 bits per heavy atom. The Morgan fingerprint density at radius 3 is 3.08 bits per heavy atom. The maximum Gasteiger partial charge on any atom is 0.231 e. The molecule has 2 aromatic heterocycles. The first-order valence-electron chi connectivity index (χ1n) is 7.74. The van der Waals surface area contributed by atoms with E-state index in [1.807, 2.05) is 17.5 Å². The summed E-state index contributed by atoms with van der Waals surface area (Å²) >= 11 is 8.36. The molecule has 0 radical (unpaired) electrons. The van der Waals surface area contributed by atoms with Crippen molar-refractivity contribution in [2.24, 2.45) is 5.92 Å². The van der Waals surface area contributed by atoms with E-state index in [0.717, 1.165) is 34.7 Å². The zero-order valence-electron chi connectivity index (χ0n) is 13.2. The van der Waals surface area contributed by atoms with E-state index in [-0.39, 0.29) is 11.0 Å². The molecule has 124 valence electrons. The van der Waals surface area contributed by atoms with Crippen LogP contribution in [0, 0.1) is 17.2 Å². The third-order valence-corrected chi connectivity index (χ3v) is 6.27. The Morgan fingerprint density at radius 2 is 2.38 bits per heavy atom. The smallest absolute Gasteiger partial charge is 0.231 e. The number of anilines is 1. The average molecular weight is 376 g/mol. The van der Waals surface area contributed by atoms with Gasteiger partial charge in [0.25, 0.3) is 0 Å². The second kappa shape index (κ2) is 7.43. The van der Waals surface area contributed by atoms with Crippen molar-refractivity contribution in [2.45, 2.75) is 32.6 Å². The molecular weight excluding hydrogens is 358 g/mol. The first-order valence-corrected chi connectivity index (χ1v) is 9.85. The van der Waals surface area contributed by atoms with E-state index in [0.29, 0.717) is 17.9 Å². The van der Waals surface area contributed by atoms with Crippen molar-refractivity contribution >= 4 is 50.9 Å². The normalized spacial score (nSPS) is 16.1. The van der Waals surface area contributed by atoms with E-state index in [4.69, 9.17) is 12.2 Å². The number of nitriles is 1. The first-order chi connectivity index (χ1) is 11.6. The zero-order valence-corrected chi connectivity index (χ0v) is 15.7. The molecule has 2 aromatic rings. The van der Waals surface area contributed by atoms with Crippen LogP contribution >= 0.6 is 34.9 Å². The van der Waals surface area contributed by atoms with Gasteiger partial charge in [0.1, 0.15) is 11.1 Å². The van der Waals surface area contributed by atoms with Gasteiger partial charge in [0.05, 0.1) is 12.0 Å². The van der Waals surface area contributed by atoms with E-state index >= 15 is 0 Å². The number of nitrogens with zero attached hydrogens (tertiary/aromatic N) is 1. The van der Waals surface area contributed by atoms with Crippen LogP contribution in [-0.2, 0) is 24.1 Å². The number of nitrogens with one attached hydrogen (secondary N) is 2. The number of rotatable bonds is 3. The second-order valence-corrected chi connectivity index (χ2v) is 8.47. The summed E-state index contributed by atoms with van der Waals surface area (Å²) in [6.07, 6.45) is 3.37. The lowest BCUT2D eigenvalue weighted by molar-refractivity contribution is -0.118. The minimum Gasteiger partial charge on any atom is -0.323 e. The quantitative estimate of drug-likeness (QED) is 0.800. The van der Waals surface area contributed by atoms with E-state index < -0.39 is 0 Å². The molecule has 0 aliphatic heterocycles. The van der Waals surface area contributed by atoms with Crippen LogP contribution in [0.1, 0.15) is 34.2 Å². The third kappa shape index (κ3) is 3.83. The average Bonchev–Trinajstić information content (AvgIpc) is 3.13. The molecule has 0 saturated carbocycles. The summed E-state index contributed by atoms with van der Waals surface area (Å²) in [5.74, 6) is 0.497. The molecule has 2 heterocycles. The predicted octanol–water partition coefficient (Wildman–Crippen LogP) is 3.86. The molecule has 0 fully saturated rings. The van der Waals surface area contributed by atoms with Crippen molar-refractivity contribution in [2.75, 3.05) is 5.32 Å². The fraction of sp³-hybridized carbons (Fsp3) is 0.353. The van der Waals surface area contributed by atoms with Gasteiger partial charge in [0, 0.05) is 9.75 Å². The minimum absolute atomic E-state index is 0.150. The molecule has 1 atom stereocenters. The fourth-order valence-electron chi connectivity index (χ4n) is 2.83. The van der Waals surface area contributed by atoms with Crippen LogP contribution in [0.4, 0.5) is 5.00 Å². The summed E-state index contributed by atoms with van der Waals surface area (Å²) in [6.45, 7) is 2.23. The summed E-state index contributed by atoms with van der Waals surface area (Å²) in [5.41, 5.74) is 1.83. The molecule has 0 aromatic carbocycles. The third-order valence-electron chi connectivity index (χ3n) is 4.02. The first kappa shape index (κ1) is 17.1. The zero-order chi connectivity index (χ0) is 17.1. The molecule has 24 heavy (non-hydrogen) atoms. The Labute approximate surface area is 154 Å². The van der Waals surface area contributed by atoms with Gasteiger partial charge in [-0.15, -0.1) is 22.7 Å². The minimum atomic E-state index is -0.150. The summed E-state index contributed by atoms with van der Waals surface area (Å²) in [6, 6.07) is 6.13. The molecule has 1 unspecified atom stereocenters. The molecule has 0 saturated heterocycles. The molecule has 1 aliphatic carbocycles. The van der Waals surface area contributed by atoms with Gasteiger partial charge in [-0.2, -0.15) is 5.26 Å². The van der Waals surface area contributed by atoms with Crippen LogP contribution in [-0.4, -0.2) is 11.0 Å². The molecule has 3 rings (SSSR count). The number of amides is 1. The van der Waals surface area contributed by atoms with E-state index in [9.17, 15) is 10.1 Å². The lowest BCUT2D eigenvalue weighted by Crippen LogP contribution is -2.34. The molecule has 1 amide bonds. The van der Waals surface area contributed by atoms with E-state index in [1.54, 1.807) is 22.7 Å². The Balaban J connectivity index is 1.66. The van der Waals surface area contributed by atoms with Crippen molar-refractivity contribution in [3.05, 3.63) is 38.4 Å². The number of thiocarbonyl (C=S) groups is 1. The molecule has 2 N–H and O–H groups in total. The molecule has 0 spiro atoms. The Kier molecular flexibility index (Phi) is 5.29. The topological polar surface area (TPSA) is 64.9 Å². The highest BCUT2D eigenvalue weighted by molar-refractivity contribution is 7.80. The van der Waals surface area contributed by atoms with Crippen molar-refractivity contribution in [1.29, 1.82) is 5.26 Å². The van der Waals surface area contributed by atoms with Gasteiger partial charge in [0.2, 0.25) is 5.91 Å². The summed E-state index contributed by atoms with van der Waals surface area (Å²) < 4.78 is 0. The summed E-state index contributed by atoms with van der Waals surface area (Å²) in [7, 11) is 0. The largest absolute Gasteiger partial charge is 0.323 e. The lowest BCUT2D eigenvalue weighted by Gasteiger charge is -2.17. The number of thiophene rings is 2. The van der Waals surface area contributed by atoms with Crippen LogP contribution in [0.25, 0.3) is 0 Å². The standard InChI is InChI=1S/C17H17N3OS3/c1-10-4-5-12-13(9-18)16(24-14(12)7-10)20-17(22)19-15(21)8-11-3-2-6-23-11/h2-3,6,10H,4-5,7-8H2,1H3,(H2,19,20,21,22). The predicted molar refractivity (Wildman–Crippen MR) is 103 cm³/mol. The Bertz CT molecular complexity index is 802. The number of hydrogen-bond acceptors (Lipinski definition) is 5. The van der Waals surface area contributed by atoms with Gasteiger partial charge in [-0.1, -0.05) is 13.0 Å². The van der Waals surface area contributed by atoms with Crippen molar-refractivity contribution in [1.82, 2.24) is 5.32 Å². The van der Waals surface area contributed by atoms with E-state index in [1.165, 1.54) is 4.88 Å².